The Hall–Kier alpha value is -3.73. The van der Waals surface area contributed by atoms with Gasteiger partial charge in [-0.3, -0.25) is 9.89 Å². The number of aromatic amines is 1. The summed E-state index contributed by atoms with van der Waals surface area (Å²) in [6.07, 6.45) is -1.86. The van der Waals surface area contributed by atoms with E-state index in [1.54, 1.807) is 0 Å². The summed E-state index contributed by atoms with van der Waals surface area (Å²) < 4.78 is 1.88. The van der Waals surface area contributed by atoms with E-state index >= 15 is 0 Å². The standard InChI is InChI=1S/C22H25N3O.C4H6O6/c1-24-14-12-19(13-15-24)25-22(26)20(16-17-8-4-2-5-9-17)21(23-25)18-10-6-3-7-11-18;5-1(3(7)8)2(6)4(9)10/h2-11,19,23H,12-16H2,1H3;1-2,5-6H,(H,7,8)(H,9,10). The van der Waals surface area contributed by atoms with E-state index in [0.29, 0.717) is 6.42 Å². The molecule has 0 amide bonds. The number of carboxylic acid groups (broad SMARTS) is 2. The zero-order valence-corrected chi connectivity index (χ0v) is 19.9. The molecular weight excluding hydrogens is 466 g/mol. The summed E-state index contributed by atoms with van der Waals surface area (Å²) >= 11 is 0. The molecule has 0 bridgehead atoms. The third-order valence-corrected chi connectivity index (χ3v) is 6.16. The lowest BCUT2D eigenvalue weighted by atomic mass is 10.0. The molecule has 3 aromatic rings. The van der Waals surface area contributed by atoms with Crippen LogP contribution in [0.15, 0.2) is 65.5 Å². The lowest BCUT2D eigenvalue weighted by Crippen LogP contribution is -2.39. The van der Waals surface area contributed by atoms with Crippen LogP contribution >= 0.6 is 0 Å². The first kappa shape index (κ1) is 26.9. The number of carbonyl (C=O) groups is 2. The molecule has 2 atom stereocenters. The van der Waals surface area contributed by atoms with Gasteiger partial charge in [0.1, 0.15) is 0 Å². The van der Waals surface area contributed by atoms with Crippen LogP contribution in [0.25, 0.3) is 11.3 Å². The number of H-pyrrole nitrogens is 1. The Morgan fingerprint density at radius 3 is 1.92 bits per heavy atom. The fourth-order valence-corrected chi connectivity index (χ4v) is 4.08. The Bertz CT molecular complexity index is 1180. The molecule has 1 saturated heterocycles. The molecule has 0 radical (unpaired) electrons. The first-order valence-corrected chi connectivity index (χ1v) is 11.6. The molecule has 2 heterocycles. The quantitative estimate of drug-likeness (QED) is 0.329. The summed E-state index contributed by atoms with van der Waals surface area (Å²) in [5.74, 6) is -3.54. The van der Waals surface area contributed by atoms with Gasteiger partial charge in [-0.05, 0) is 44.1 Å². The summed E-state index contributed by atoms with van der Waals surface area (Å²) in [5, 5.41) is 36.0. The van der Waals surface area contributed by atoms with Crippen molar-refractivity contribution in [2.75, 3.05) is 20.1 Å². The van der Waals surface area contributed by atoms with E-state index in [1.165, 1.54) is 0 Å². The molecule has 0 saturated carbocycles. The van der Waals surface area contributed by atoms with E-state index in [1.807, 2.05) is 41.1 Å². The number of aliphatic carboxylic acids is 2. The minimum Gasteiger partial charge on any atom is -0.479 e. The Kier molecular flexibility index (Phi) is 9.18. The average molecular weight is 498 g/mol. The summed E-state index contributed by atoms with van der Waals surface area (Å²) in [7, 11) is 2.14. The van der Waals surface area contributed by atoms with E-state index in [9.17, 15) is 14.4 Å². The van der Waals surface area contributed by atoms with Crippen LogP contribution in [0.2, 0.25) is 0 Å². The number of hydrogen-bond donors (Lipinski definition) is 5. The molecule has 5 N–H and O–H groups in total. The number of hydrogen-bond acceptors (Lipinski definition) is 6. The number of aromatic nitrogens is 2. The Morgan fingerprint density at radius 1 is 0.917 bits per heavy atom. The second-order valence-electron chi connectivity index (χ2n) is 8.77. The van der Waals surface area contributed by atoms with Crippen molar-refractivity contribution in [3.63, 3.8) is 0 Å². The normalized spacial score (nSPS) is 16.0. The van der Waals surface area contributed by atoms with Gasteiger partial charge in [-0.2, -0.15) is 0 Å². The van der Waals surface area contributed by atoms with Crippen LogP contribution in [0.4, 0.5) is 0 Å². The number of aliphatic hydroxyl groups excluding tert-OH is 2. The zero-order valence-electron chi connectivity index (χ0n) is 19.9. The Balaban J connectivity index is 0.000000308. The molecule has 1 aromatic heterocycles. The van der Waals surface area contributed by atoms with Gasteiger partial charge in [0, 0.05) is 12.0 Å². The summed E-state index contributed by atoms with van der Waals surface area (Å²) in [5.41, 5.74) is 4.18. The third-order valence-electron chi connectivity index (χ3n) is 6.16. The van der Waals surface area contributed by atoms with Gasteiger partial charge >= 0.3 is 11.9 Å². The smallest absolute Gasteiger partial charge is 0.335 e. The number of nitrogens with one attached hydrogen (secondary N) is 1. The van der Waals surface area contributed by atoms with Gasteiger partial charge in [0.25, 0.3) is 5.56 Å². The molecule has 1 aliphatic rings. The largest absolute Gasteiger partial charge is 0.479 e. The lowest BCUT2D eigenvalue weighted by Gasteiger charge is -2.29. The molecular formula is C26H31N3O7. The summed E-state index contributed by atoms with van der Waals surface area (Å²) in [6, 6.07) is 20.7. The third kappa shape index (κ3) is 6.69. The highest BCUT2D eigenvalue weighted by Crippen LogP contribution is 2.26. The minimum absolute atomic E-state index is 0.127. The van der Waals surface area contributed by atoms with Crippen molar-refractivity contribution >= 4 is 11.9 Å². The van der Waals surface area contributed by atoms with Crippen molar-refractivity contribution in [2.24, 2.45) is 0 Å². The predicted molar refractivity (Wildman–Crippen MR) is 133 cm³/mol. The number of carboxylic acids is 2. The van der Waals surface area contributed by atoms with Crippen molar-refractivity contribution in [3.05, 3.63) is 82.1 Å². The Labute approximate surface area is 208 Å². The SMILES string of the molecule is CN1CCC(n2[nH]c(-c3ccccc3)c(Cc3ccccc3)c2=O)CC1.O=C(O)C(O)C(O)C(=O)O. The molecule has 0 spiro atoms. The van der Waals surface area contributed by atoms with Crippen LogP contribution in [0.5, 0.6) is 0 Å². The van der Waals surface area contributed by atoms with Crippen LogP contribution in [-0.4, -0.2) is 79.4 Å². The van der Waals surface area contributed by atoms with Gasteiger partial charge in [-0.15, -0.1) is 0 Å². The van der Waals surface area contributed by atoms with Crippen LogP contribution in [-0.2, 0) is 16.0 Å². The molecule has 2 unspecified atom stereocenters. The van der Waals surface area contributed by atoms with Crippen molar-refractivity contribution in [2.45, 2.75) is 37.5 Å². The second-order valence-corrected chi connectivity index (χ2v) is 8.77. The van der Waals surface area contributed by atoms with Crippen LogP contribution < -0.4 is 5.56 Å². The van der Waals surface area contributed by atoms with E-state index in [0.717, 1.165) is 48.3 Å². The van der Waals surface area contributed by atoms with Gasteiger partial charge in [0.2, 0.25) is 0 Å². The molecule has 0 aliphatic carbocycles. The van der Waals surface area contributed by atoms with Crippen molar-refractivity contribution in [3.8, 4) is 11.3 Å². The van der Waals surface area contributed by atoms with E-state index in [-0.39, 0.29) is 11.6 Å². The number of likely N-dealkylation sites (tertiary alicyclic amines) is 1. The number of aliphatic hydroxyl groups is 2. The van der Waals surface area contributed by atoms with E-state index in [4.69, 9.17) is 20.4 Å². The Morgan fingerprint density at radius 2 is 1.42 bits per heavy atom. The topological polar surface area (TPSA) is 156 Å². The van der Waals surface area contributed by atoms with Crippen LogP contribution in [0, 0.1) is 0 Å². The van der Waals surface area contributed by atoms with Crippen molar-refractivity contribution < 1.29 is 30.0 Å². The predicted octanol–water partition coefficient (Wildman–Crippen LogP) is 1.58. The molecule has 1 aliphatic heterocycles. The highest BCUT2D eigenvalue weighted by molar-refractivity contribution is 5.83. The highest BCUT2D eigenvalue weighted by atomic mass is 16.4. The van der Waals surface area contributed by atoms with Gasteiger partial charge in [-0.1, -0.05) is 60.7 Å². The van der Waals surface area contributed by atoms with E-state index < -0.39 is 24.1 Å². The fraction of sp³-hybridized carbons (Fsp3) is 0.346. The first-order valence-electron chi connectivity index (χ1n) is 11.6. The molecule has 192 valence electrons. The molecule has 4 rings (SSSR count). The minimum atomic E-state index is -2.27. The number of piperidine rings is 1. The maximum Gasteiger partial charge on any atom is 0.335 e. The lowest BCUT2D eigenvalue weighted by molar-refractivity contribution is -0.165. The van der Waals surface area contributed by atoms with Crippen LogP contribution in [0.3, 0.4) is 0 Å². The van der Waals surface area contributed by atoms with Crippen molar-refractivity contribution in [1.82, 2.24) is 14.7 Å². The first-order chi connectivity index (χ1) is 17.2. The zero-order chi connectivity index (χ0) is 26.2. The fourth-order valence-electron chi connectivity index (χ4n) is 4.08. The van der Waals surface area contributed by atoms with Gasteiger partial charge in [0.05, 0.1) is 11.7 Å². The molecule has 36 heavy (non-hydrogen) atoms. The molecule has 1 fully saturated rings. The summed E-state index contributed by atoms with van der Waals surface area (Å²) in [6.45, 7) is 2.07. The maximum atomic E-state index is 13.3. The van der Waals surface area contributed by atoms with Gasteiger partial charge < -0.3 is 25.3 Å². The number of benzene rings is 2. The van der Waals surface area contributed by atoms with Crippen LogP contribution in [0.1, 0.15) is 30.0 Å². The highest BCUT2D eigenvalue weighted by Gasteiger charge is 2.29. The summed E-state index contributed by atoms with van der Waals surface area (Å²) in [4.78, 5) is 35.1. The monoisotopic (exact) mass is 497 g/mol. The molecule has 2 aromatic carbocycles. The molecule has 10 nitrogen and oxygen atoms in total. The maximum absolute atomic E-state index is 13.3. The number of nitrogens with zero attached hydrogens (tertiary/aromatic N) is 2. The van der Waals surface area contributed by atoms with Gasteiger partial charge in [-0.25, -0.2) is 14.3 Å². The van der Waals surface area contributed by atoms with Crippen molar-refractivity contribution in [1.29, 1.82) is 0 Å². The second kappa shape index (κ2) is 12.3. The van der Waals surface area contributed by atoms with Gasteiger partial charge in [0.15, 0.2) is 12.2 Å². The number of rotatable bonds is 7. The van der Waals surface area contributed by atoms with E-state index in [2.05, 4.69) is 41.3 Å². The molecule has 10 heteroatoms. The average Bonchev–Trinajstić information content (AvgIpc) is 3.20.